The second-order valence-electron chi connectivity index (χ2n) is 6.63. The zero-order valence-electron chi connectivity index (χ0n) is 16.7. The van der Waals surface area contributed by atoms with E-state index in [1.807, 2.05) is 19.0 Å². The lowest BCUT2D eigenvalue weighted by Crippen LogP contribution is -2.19. The lowest BCUT2D eigenvalue weighted by molar-refractivity contribution is 0.263. The van der Waals surface area contributed by atoms with Gasteiger partial charge in [0.1, 0.15) is 28.8 Å². The number of fused-ring (bicyclic) bond motifs is 1. The minimum atomic E-state index is -3.88. The van der Waals surface area contributed by atoms with Crippen molar-refractivity contribution in [1.29, 1.82) is 0 Å². The smallest absolute Gasteiger partial charge is 0.269 e. The fraction of sp³-hybridized carbons (Fsp3) is 0.300. The largest absolute Gasteiger partial charge is 0.497 e. The van der Waals surface area contributed by atoms with Crippen LogP contribution >= 0.6 is 15.9 Å². The maximum Gasteiger partial charge on any atom is 0.269 e. The van der Waals surface area contributed by atoms with Crippen molar-refractivity contribution in [3.05, 3.63) is 47.1 Å². The van der Waals surface area contributed by atoms with E-state index in [4.69, 9.17) is 14.2 Å². The van der Waals surface area contributed by atoms with E-state index in [0.29, 0.717) is 45.8 Å². The van der Waals surface area contributed by atoms with Gasteiger partial charge in [-0.1, -0.05) is 0 Å². The van der Waals surface area contributed by atoms with Gasteiger partial charge < -0.3 is 19.1 Å². The summed E-state index contributed by atoms with van der Waals surface area (Å²) in [5, 5.41) is 0.663. The monoisotopic (exact) mass is 482 g/mol. The number of rotatable bonds is 8. The molecule has 0 unspecified atom stereocenters. The summed E-state index contributed by atoms with van der Waals surface area (Å²) in [4.78, 5) is 2.12. The Morgan fingerprint density at radius 3 is 2.31 bits per heavy atom. The van der Waals surface area contributed by atoms with Crippen LogP contribution in [0.3, 0.4) is 0 Å². The van der Waals surface area contributed by atoms with Crippen LogP contribution in [0.4, 0.5) is 0 Å². The summed E-state index contributed by atoms with van der Waals surface area (Å²) in [6.07, 6.45) is 1.51. The Kier molecular flexibility index (Phi) is 6.40. The zero-order valence-corrected chi connectivity index (χ0v) is 19.1. The normalized spacial score (nSPS) is 11.8. The van der Waals surface area contributed by atoms with Crippen LogP contribution in [-0.4, -0.2) is 58.8 Å². The average Bonchev–Trinajstić information content (AvgIpc) is 3.06. The van der Waals surface area contributed by atoms with Crippen molar-refractivity contribution in [3.8, 4) is 17.2 Å². The van der Waals surface area contributed by atoms with Gasteiger partial charge in [0.25, 0.3) is 10.0 Å². The second kappa shape index (κ2) is 8.64. The SMILES string of the molecule is COc1ccc(S(=O)(=O)n2cc(OCCN(C)C)c3cc(OC)ccc32)c(Br)c1. The molecule has 0 radical (unpaired) electrons. The Labute approximate surface area is 179 Å². The molecular weight excluding hydrogens is 460 g/mol. The van der Waals surface area contributed by atoms with Crippen LogP contribution in [0, 0.1) is 0 Å². The van der Waals surface area contributed by atoms with Crippen LogP contribution in [-0.2, 0) is 10.0 Å². The standard InChI is InChI=1S/C20H23BrN2O5S/c1-22(2)9-10-28-19-13-23(18-7-5-14(26-3)11-16(18)19)29(24,25)20-8-6-15(27-4)12-17(20)21/h5-8,11-13H,9-10H2,1-4H3. The number of ether oxygens (including phenoxy) is 3. The molecule has 3 rings (SSSR count). The molecule has 9 heteroatoms. The third kappa shape index (κ3) is 4.36. The molecule has 0 aliphatic heterocycles. The highest BCUT2D eigenvalue weighted by Gasteiger charge is 2.25. The molecule has 1 aromatic heterocycles. The summed E-state index contributed by atoms with van der Waals surface area (Å²) in [5.41, 5.74) is 0.508. The minimum absolute atomic E-state index is 0.130. The van der Waals surface area contributed by atoms with E-state index >= 15 is 0 Å². The van der Waals surface area contributed by atoms with E-state index in [2.05, 4.69) is 15.9 Å². The van der Waals surface area contributed by atoms with Gasteiger partial charge in [0, 0.05) is 16.4 Å². The molecular formula is C20H23BrN2O5S. The van der Waals surface area contributed by atoms with Crippen LogP contribution in [0.5, 0.6) is 17.2 Å². The first kappa shape index (κ1) is 21.5. The van der Waals surface area contributed by atoms with Crippen molar-refractivity contribution < 1.29 is 22.6 Å². The lowest BCUT2D eigenvalue weighted by atomic mass is 10.2. The summed E-state index contributed by atoms with van der Waals surface area (Å²) >= 11 is 3.34. The molecule has 7 nitrogen and oxygen atoms in total. The van der Waals surface area contributed by atoms with Gasteiger partial charge in [0.05, 0.1) is 25.9 Å². The van der Waals surface area contributed by atoms with Crippen molar-refractivity contribution >= 4 is 36.9 Å². The first-order chi connectivity index (χ1) is 13.8. The van der Waals surface area contributed by atoms with Gasteiger partial charge in [-0.25, -0.2) is 12.4 Å². The fourth-order valence-corrected chi connectivity index (χ4v) is 5.23. The molecule has 0 amide bonds. The fourth-order valence-electron chi connectivity index (χ4n) is 2.85. The number of likely N-dealkylation sites (N-methyl/N-ethyl adjacent to an activating group) is 1. The predicted molar refractivity (Wildman–Crippen MR) is 116 cm³/mol. The summed E-state index contributed by atoms with van der Waals surface area (Å²) in [7, 11) is 3.11. The number of halogens is 1. The Morgan fingerprint density at radius 2 is 1.69 bits per heavy atom. The van der Waals surface area contributed by atoms with Crippen LogP contribution in [0.2, 0.25) is 0 Å². The molecule has 0 fully saturated rings. The third-order valence-electron chi connectivity index (χ3n) is 4.41. The first-order valence-corrected chi connectivity index (χ1v) is 11.1. The van der Waals surface area contributed by atoms with Crippen LogP contribution in [0.25, 0.3) is 10.9 Å². The van der Waals surface area contributed by atoms with Gasteiger partial charge in [-0.15, -0.1) is 0 Å². The summed E-state index contributed by atoms with van der Waals surface area (Å²) in [5.74, 6) is 1.66. The number of aromatic nitrogens is 1. The summed E-state index contributed by atoms with van der Waals surface area (Å²) < 4.78 is 44.8. The molecule has 0 atom stereocenters. The molecule has 0 bridgehead atoms. The molecule has 0 spiro atoms. The zero-order chi connectivity index (χ0) is 21.2. The van der Waals surface area contributed by atoms with Crippen molar-refractivity contribution in [2.24, 2.45) is 0 Å². The molecule has 0 saturated heterocycles. The van der Waals surface area contributed by atoms with Gasteiger partial charge in [-0.05, 0) is 66.4 Å². The Hall–Kier alpha value is -2.23. The van der Waals surface area contributed by atoms with E-state index in [9.17, 15) is 8.42 Å². The van der Waals surface area contributed by atoms with E-state index in [1.165, 1.54) is 23.3 Å². The average molecular weight is 483 g/mol. The number of benzene rings is 2. The molecule has 0 saturated carbocycles. The van der Waals surface area contributed by atoms with Gasteiger partial charge in [0.2, 0.25) is 0 Å². The molecule has 156 valence electrons. The molecule has 3 aromatic rings. The van der Waals surface area contributed by atoms with E-state index in [0.717, 1.165) is 0 Å². The predicted octanol–water partition coefficient (Wildman–Crippen LogP) is 3.60. The van der Waals surface area contributed by atoms with Crippen molar-refractivity contribution in [1.82, 2.24) is 8.87 Å². The second-order valence-corrected chi connectivity index (χ2v) is 9.26. The summed E-state index contributed by atoms with van der Waals surface area (Å²) in [6, 6.07) is 9.95. The highest BCUT2D eigenvalue weighted by Crippen LogP contribution is 2.36. The molecule has 2 aromatic carbocycles. The van der Waals surface area contributed by atoms with Gasteiger partial charge in [-0.3, -0.25) is 0 Å². The first-order valence-electron chi connectivity index (χ1n) is 8.83. The highest BCUT2D eigenvalue weighted by molar-refractivity contribution is 9.10. The van der Waals surface area contributed by atoms with Crippen LogP contribution in [0.15, 0.2) is 52.0 Å². The minimum Gasteiger partial charge on any atom is -0.497 e. The van der Waals surface area contributed by atoms with Crippen molar-refractivity contribution in [2.45, 2.75) is 4.90 Å². The van der Waals surface area contributed by atoms with Crippen molar-refractivity contribution in [2.75, 3.05) is 41.5 Å². The maximum atomic E-state index is 13.4. The Morgan fingerprint density at radius 1 is 1.03 bits per heavy atom. The third-order valence-corrected chi connectivity index (χ3v) is 7.06. The Bertz CT molecular complexity index is 1130. The number of methoxy groups -OCH3 is 2. The maximum absolute atomic E-state index is 13.4. The van der Waals surface area contributed by atoms with Crippen LogP contribution in [0.1, 0.15) is 0 Å². The quantitative estimate of drug-likeness (QED) is 0.488. The van der Waals surface area contributed by atoms with Crippen molar-refractivity contribution in [3.63, 3.8) is 0 Å². The molecule has 0 N–H and O–H groups in total. The van der Waals surface area contributed by atoms with Gasteiger partial charge >= 0.3 is 0 Å². The van der Waals surface area contributed by atoms with Crippen LogP contribution < -0.4 is 14.2 Å². The highest BCUT2D eigenvalue weighted by atomic mass is 79.9. The molecule has 0 aliphatic rings. The number of hydrogen-bond acceptors (Lipinski definition) is 6. The molecule has 1 heterocycles. The summed E-state index contributed by atoms with van der Waals surface area (Å²) in [6.45, 7) is 1.13. The topological polar surface area (TPSA) is 70.0 Å². The van der Waals surface area contributed by atoms with Gasteiger partial charge in [-0.2, -0.15) is 0 Å². The molecule has 29 heavy (non-hydrogen) atoms. The van der Waals surface area contributed by atoms with E-state index in [1.54, 1.807) is 37.4 Å². The van der Waals surface area contributed by atoms with Gasteiger partial charge in [0.15, 0.2) is 0 Å². The Balaban J connectivity index is 2.13. The number of hydrogen-bond donors (Lipinski definition) is 0. The lowest BCUT2D eigenvalue weighted by Gasteiger charge is -2.11. The van der Waals surface area contributed by atoms with E-state index in [-0.39, 0.29) is 4.90 Å². The molecule has 0 aliphatic carbocycles. The number of nitrogens with zero attached hydrogens (tertiary/aromatic N) is 2. The van der Waals surface area contributed by atoms with E-state index < -0.39 is 10.0 Å².